The first-order chi connectivity index (χ1) is 10.1. The first kappa shape index (κ1) is 13.6. The molecule has 0 aliphatic heterocycles. The van der Waals surface area contributed by atoms with Crippen molar-refractivity contribution in [3.63, 3.8) is 0 Å². The number of hydrogen-bond acceptors (Lipinski definition) is 3. The van der Waals surface area contributed by atoms with E-state index in [4.69, 9.17) is 4.74 Å². The molecule has 1 aliphatic rings. The lowest BCUT2D eigenvalue weighted by Gasteiger charge is -2.07. The Bertz CT molecular complexity index is 689. The zero-order valence-corrected chi connectivity index (χ0v) is 11.8. The number of rotatable bonds is 4. The van der Waals surface area contributed by atoms with Crippen LogP contribution in [0.2, 0.25) is 0 Å². The molecule has 21 heavy (non-hydrogen) atoms. The van der Waals surface area contributed by atoms with E-state index in [-0.39, 0.29) is 11.6 Å². The molecule has 0 heterocycles. The Morgan fingerprint density at radius 1 is 1.19 bits per heavy atom. The lowest BCUT2D eigenvalue weighted by atomic mass is 10.0. The molecule has 0 bridgehead atoms. The Morgan fingerprint density at radius 2 is 1.95 bits per heavy atom. The topological polar surface area (TPSA) is 43.4 Å². The van der Waals surface area contributed by atoms with Crippen LogP contribution in [0.15, 0.2) is 48.5 Å². The Balaban J connectivity index is 1.75. The second-order valence-corrected chi connectivity index (χ2v) is 5.32. The highest BCUT2D eigenvalue weighted by molar-refractivity contribution is 6.13. The summed E-state index contributed by atoms with van der Waals surface area (Å²) in [6, 6.07) is 15.3. The molecule has 1 unspecified atom stereocenters. The van der Waals surface area contributed by atoms with E-state index in [1.807, 2.05) is 36.4 Å². The van der Waals surface area contributed by atoms with Gasteiger partial charge in [-0.25, -0.2) is 0 Å². The molecule has 3 heteroatoms. The Labute approximate surface area is 123 Å². The summed E-state index contributed by atoms with van der Waals surface area (Å²) in [7, 11) is 0. The predicted molar refractivity (Wildman–Crippen MR) is 79.4 cm³/mol. The summed E-state index contributed by atoms with van der Waals surface area (Å²) in [5.74, 6) is 0.0917. The van der Waals surface area contributed by atoms with Crippen LogP contribution >= 0.6 is 0 Å². The normalized spacial score (nSPS) is 16.6. The van der Waals surface area contributed by atoms with Crippen molar-refractivity contribution in [3.8, 4) is 5.75 Å². The number of fused-ring (bicyclic) bond motifs is 1. The van der Waals surface area contributed by atoms with Gasteiger partial charge in [-0.2, -0.15) is 0 Å². The van der Waals surface area contributed by atoms with E-state index >= 15 is 0 Å². The lowest BCUT2D eigenvalue weighted by molar-refractivity contribution is -0.119. The first-order valence-corrected chi connectivity index (χ1v) is 6.99. The molecule has 0 saturated heterocycles. The Hall–Kier alpha value is -2.42. The molecule has 0 spiro atoms. The van der Waals surface area contributed by atoms with Crippen molar-refractivity contribution in [3.05, 3.63) is 65.2 Å². The maximum atomic E-state index is 12.1. The van der Waals surface area contributed by atoms with Crippen LogP contribution in [-0.4, -0.2) is 11.6 Å². The summed E-state index contributed by atoms with van der Waals surface area (Å²) in [4.78, 5) is 23.5. The zero-order chi connectivity index (χ0) is 14.8. The van der Waals surface area contributed by atoms with Crippen LogP contribution in [0.1, 0.15) is 28.4 Å². The average molecular weight is 280 g/mol. The summed E-state index contributed by atoms with van der Waals surface area (Å²) in [6.07, 6.45) is 0.492. The van der Waals surface area contributed by atoms with Gasteiger partial charge in [-0.3, -0.25) is 9.59 Å². The largest absolute Gasteiger partial charge is 0.489 e. The van der Waals surface area contributed by atoms with Gasteiger partial charge in [-0.05, 0) is 42.7 Å². The fourth-order valence-electron chi connectivity index (χ4n) is 2.64. The second kappa shape index (κ2) is 5.52. The third-order valence-corrected chi connectivity index (χ3v) is 3.82. The molecule has 0 saturated carbocycles. The molecular formula is C18H16O3. The summed E-state index contributed by atoms with van der Waals surface area (Å²) in [6.45, 7) is 1.96. The van der Waals surface area contributed by atoms with Gasteiger partial charge in [0, 0.05) is 5.56 Å². The number of ketones is 2. The van der Waals surface area contributed by atoms with Crippen LogP contribution in [-0.2, 0) is 17.8 Å². The molecule has 2 aromatic rings. The van der Waals surface area contributed by atoms with Gasteiger partial charge in [-0.1, -0.05) is 30.3 Å². The Morgan fingerprint density at radius 3 is 2.67 bits per heavy atom. The van der Waals surface area contributed by atoms with Gasteiger partial charge in [0.1, 0.15) is 18.1 Å². The molecule has 1 aliphatic carbocycles. The molecule has 3 nitrogen and oxygen atoms in total. The summed E-state index contributed by atoms with van der Waals surface area (Å²) in [5.41, 5.74) is 2.66. The van der Waals surface area contributed by atoms with Crippen LogP contribution in [0.4, 0.5) is 0 Å². The third-order valence-electron chi connectivity index (χ3n) is 3.82. The number of Topliss-reactive ketones (excluding diaryl/α,β-unsaturated/α-hetero) is 2. The van der Waals surface area contributed by atoms with Crippen molar-refractivity contribution in [2.45, 2.75) is 20.0 Å². The van der Waals surface area contributed by atoms with Crippen LogP contribution in [0.3, 0.4) is 0 Å². The predicted octanol–water partition coefficient (Wildman–Crippen LogP) is 3.21. The van der Waals surface area contributed by atoms with Crippen molar-refractivity contribution in [1.82, 2.24) is 0 Å². The van der Waals surface area contributed by atoms with Crippen LogP contribution in [0.25, 0.3) is 0 Å². The van der Waals surface area contributed by atoms with Gasteiger partial charge in [0.25, 0.3) is 0 Å². The molecule has 1 atom stereocenters. The van der Waals surface area contributed by atoms with Crippen LogP contribution in [0, 0.1) is 5.92 Å². The number of carbonyl (C=O) groups is 2. The van der Waals surface area contributed by atoms with E-state index in [0.29, 0.717) is 18.6 Å². The minimum atomic E-state index is -0.510. The van der Waals surface area contributed by atoms with Gasteiger partial charge in [-0.15, -0.1) is 0 Å². The molecule has 106 valence electrons. The quantitative estimate of drug-likeness (QED) is 0.808. The molecule has 0 amide bonds. The maximum Gasteiger partial charge on any atom is 0.173 e. The van der Waals surface area contributed by atoms with Crippen molar-refractivity contribution in [2.75, 3.05) is 0 Å². The molecule has 3 rings (SSSR count). The minimum absolute atomic E-state index is 0.0629. The van der Waals surface area contributed by atoms with Crippen molar-refractivity contribution in [2.24, 2.45) is 5.92 Å². The fraction of sp³-hybridized carbons (Fsp3) is 0.222. The highest BCUT2D eigenvalue weighted by atomic mass is 16.5. The monoisotopic (exact) mass is 280 g/mol. The van der Waals surface area contributed by atoms with Gasteiger partial charge < -0.3 is 4.74 Å². The highest BCUT2D eigenvalue weighted by Crippen LogP contribution is 2.30. The first-order valence-electron chi connectivity index (χ1n) is 6.99. The van der Waals surface area contributed by atoms with E-state index in [1.54, 1.807) is 12.1 Å². The summed E-state index contributed by atoms with van der Waals surface area (Å²) >= 11 is 0. The smallest absolute Gasteiger partial charge is 0.173 e. The maximum absolute atomic E-state index is 12.1. The SMILES string of the molecule is CC(=O)C1Cc2cc(OCc3ccccc3)ccc2C1=O. The van der Waals surface area contributed by atoms with Gasteiger partial charge >= 0.3 is 0 Å². The number of ether oxygens (including phenoxy) is 1. The van der Waals surface area contributed by atoms with E-state index in [1.165, 1.54) is 6.92 Å². The summed E-state index contributed by atoms with van der Waals surface area (Å²) in [5, 5.41) is 0. The molecule has 0 fully saturated rings. The fourth-order valence-corrected chi connectivity index (χ4v) is 2.64. The molecule has 0 N–H and O–H groups in total. The molecule has 0 radical (unpaired) electrons. The standard InChI is InChI=1S/C18H16O3/c1-12(19)17-10-14-9-15(7-8-16(14)18(17)20)21-11-13-5-3-2-4-6-13/h2-9,17H,10-11H2,1H3. The molecule has 2 aromatic carbocycles. The Kier molecular flexibility index (Phi) is 3.57. The zero-order valence-electron chi connectivity index (χ0n) is 11.8. The van der Waals surface area contributed by atoms with E-state index in [2.05, 4.69) is 0 Å². The second-order valence-electron chi connectivity index (χ2n) is 5.32. The van der Waals surface area contributed by atoms with Gasteiger partial charge in [0.05, 0.1) is 5.92 Å². The molecular weight excluding hydrogens is 264 g/mol. The van der Waals surface area contributed by atoms with Crippen LogP contribution < -0.4 is 4.74 Å². The van der Waals surface area contributed by atoms with E-state index in [0.717, 1.165) is 16.9 Å². The minimum Gasteiger partial charge on any atom is -0.489 e. The van der Waals surface area contributed by atoms with E-state index < -0.39 is 5.92 Å². The third kappa shape index (κ3) is 2.72. The number of carbonyl (C=O) groups excluding carboxylic acids is 2. The van der Waals surface area contributed by atoms with Gasteiger partial charge in [0.15, 0.2) is 5.78 Å². The lowest BCUT2D eigenvalue weighted by Crippen LogP contribution is -2.17. The van der Waals surface area contributed by atoms with Crippen LogP contribution in [0.5, 0.6) is 5.75 Å². The van der Waals surface area contributed by atoms with E-state index in [9.17, 15) is 9.59 Å². The van der Waals surface area contributed by atoms with Gasteiger partial charge in [0.2, 0.25) is 0 Å². The highest BCUT2D eigenvalue weighted by Gasteiger charge is 2.33. The summed E-state index contributed by atoms with van der Waals surface area (Å²) < 4.78 is 5.75. The number of benzene rings is 2. The van der Waals surface area contributed by atoms with Crippen molar-refractivity contribution in [1.29, 1.82) is 0 Å². The molecule has 0 aromatic heterocycles. The average Bonchev–Trinajstić information content (AvgIpc) is 2.83. The number of hydrogen-bond donors (Lipinski definition) is 0. The van der Waals surface area contributed by atoms with Crippen molar-refractivity contribution >= 4 is 11.6 Å². The van der Waals surface area contributed by atoms with Crippen molar-refractivity contribution < 1.29 is 14.3 Å².